The van der Waals surface area contributed by atoms with Gasteiger partial charge in [-0.1, -0.05) is 13.8 Å². The molecule has 0 aliphatic carbocycles. The maximum Gasteiger partial charge on any atom is 0.410 e. The molecule has 0 spiro atoms. The summed E-state index contributed by atoms with van der Waals surface area (Å²) in [6, 6.07) is 1.07. The highest BCUT2D eigenvalue weighted by atomic mass is 19.4. The van der Waals surface area contributed by atoms with Gasteiger partial charge in [-0.2, -0.15) is 23.4 Å². The SMILES string of the molecule is CC(C)c1cc(C(=O)N2CCC[C@H]2c2cc3n(n2)[C@@H](C(F)(F)F)C[C@@H](C)N3)n[nH]1. The topological polar surface area (TPSA) is 78.8 Å². The Hall–Kier alpha value is -2.52. The number of hydrogen-bond acceptors (Lipinski definition) is 4. The van der Waals surface area contributed by atoms with Crippen LogP contribution in [0.3, 0.4) is 0 Å². The maximum absolute atomic E-state index is 13.5. The summed E-state index contributed by atoms with van der Waals surface area (Å²) in [4.78, 5) is 14.7. The van der Waals surface area contributed by atoms with Crippen molar-refractivity contribution < 1.29 is 18.0 Å². The third-order valence-electron chi connectivity index (χ3n) is 5.69. The zero-order valence-corrected chi connectivity index (χ0v) is 16.6. The molecule has 2 N–H and O–H groups in total. The number of rotatable bonds is 3. The molecule has 1 saturated heterocycles. The standard InChI is InChI=1S/C19H25F3N6O/c1-10(2)12-8-14(25-24-12)18(29)27-6-4-5-15(27)13-9-17-23-11(3)7-16(19(20,21)22)28(17)26-13/h8-11,15-16,23H,4-7H2,1-3H3,(H,24,25)/t11-,15+,16-/m1/s1. The fourth-order valence-corrected chi connectivity index (χ4v) is 4.15. The Morgan fingerprint density at radius 2 is 2.07 bits per heavy atom. The molecule has 2 aromatic heterocycles. The fraction of sp³-hybridized carbons (Fsp3) is 0.632. The Labute approximate surface area is 166 Å². The Balaban J connectivity index is 1.62. The van der Waals surface area contributed by atoms with Gasteiger partial charge in [0.2, 0.25) is 0 Å². The van der Waals surface area contributed by atoms with Crippen LogP contribution in [0.4, 0.5) is 19.0 Å². The van der Waals surface area contributed by atoms with Gasteiger partial charge in [-0.15, -0.1) is 0 Å². The predicted octanol–water partition coefficient (Wildman–Crippen LogP) is 4.01. The van der Waals surface area contributed by atoms with Gasteiger partial charge in [0.05, 0.1) is 11.7 Å². The fourth-order valence-electron chi connectivity index (χ4n) is 4.15. The number of likely N-dealkylation sites (tertiary alicyclic amines) is 1. The largest absolute Gasteiger partial charge is 0.410 e. The van der Waals surface area contributed by atoms with Crippen LogP contribution in [0.5, 0.6) is 0 Å². The molecule has 4 heterocycles. The van der Waals surface area contributed by atoms with E-state index in [1.165, 1.54) is 0 Å². The normalized spacial score (nSPS) is 24.7. The molecule has 0 bridgehead atoms. The molecule has 0 unspecified atom stereocenters. The molecule has 10 heteroatoms. The highest BCUT2D eigenvalue weighted by molar-refractivity contribution is 5.92. The van der Waals surface area contributed by atoms with Gasteiger partial charge in [-0.05, 0) is 38.2 Å². The summed E-state index contributed by atoms with van der Waals surface area (Å²) in [6.45, 7) is 6.26. The minimum absolute atomic E-state index is 0.0732. The Bertz CT molecular complexity index is 902. The predicted molar refractivity (Wildman–Crippen MR) is 101 cm³/mol. The summed E-state index contributed by atoms with van der Waals surface area (Å²) in [5, 5.41) is 14.4. The first-order chi connectivity index (χ1) is 13.6. The first-order valence-corrected chi connectivity index (χ1v) is 9.94. The van der Waals surface area contributed by atoms with Gasteiger partial charge in [0.1, 0.15) is 11.5 Å². The lowest BCUT2D eigenvalue weighted by molar-refractivity contribution is -0.173. The van der Waals surface area contributed by atoms with Gasteiger partial charge in [0.15, 0.2) is 6.04 Å². The van der Waals surface area contributed by atoms with E-state index in [2.05, 4.69) is 20.6 Å². The molecule has 1 fully saturated rings. The lowest BCUT2D eigenvalue weighted by Gasteiger charge is -2.31. The van der Waals surface area contributed by atoms with Crippen molar-refractivity contribution >= 4 is 11.7 Å². The summed E-state index contributed by atoms with van der Waals surface area (Å²) in [6.07, 6.45) is -3.01. The Morgan fingerprint density at radius 1 is 1.31 bits per heavy atom. The molecular weight excluding hydrogens is 385 g/mol. The number of amides is 1. The zero-order chi connectivity index (χ0) is 20.9. The summed E-state index contributed by atoms with van der Waals surface area (Å²) in [5.74, 6) is 0.336. The number of nitrogens with zero attached hydrogens (tertiary/aromatic N) is 4. The molecule has 0 radical (unpaired) electrons. The van der Waals surface area contributed by atoms with Crippen molar-refractivity contribution in [1.29, 1.82) is 0 Å². The van der Waals surface area contributed by atoms with Gasteiger partial charge >= 0.3 is 6.18 Å². The summed E-state index contributed by atoms with van der Waals surface area (Å²) in [7, 11) is 0. The quantitative estimate of drug-likeness (QED) is 0.801. The van der Waals surface area contributed by atoms with Gasteiger partial charge in [0.25, 0.3) is 5.91 Å². The van der Waals surface area contributed by atoms with Crippen molar-refractivity contribution in [1.82, 2.24) is 24.9 Å². The molecule has 0 aromatic carbocycles. The van der Waals surface area contributed by atoms with E-state index in [-0.39, 0.29) is 30.3 Å². The third kappa shape index (κ3) is 3.60. The van der Waals surface area contributed by atoms with Crippen molar-refractivity contribution in [3.8, 4) is 0 Å². The minimum atomic E-state index is -4.37. The number of H-pyrrole nitrogens is 1. The zero-order valence-electron chi connectivity index (χ0n) is 16.6. The molecule has 2 aromatic rings. The molecule has 158 valence electrons. The first kappa shape index (κ1) is 19.8. The van der Waals surface area contributed by atoms with Crippen LogP contribution in [0.15, 0.2) is 12.1 Å². The lowest BCUT2D eigenvalue weighted by Crippen LogP contribution is -2.38. The summed E-state index contributed by atoms with van der Waals surface area (Å²) >= 11 is 0. The van der Waals surface area contributed by atoms with E-state index in [0.29, 0.717) is 30.2 Å². The maximum atomic E-state index is 13.5. The molecule has 3 atom stereocenters. The van der Waals surface area contributed by atoms with Crippen LogP contribution in [0.25, 0.3) is 0 Å². The van der Waals surface area contributed by atoms with E-state index < -0.39 is 12.2 Å². The van der Waals surface area contributed by atoms with Crippen molar-refractivity contribution in [2.75, 3.05) is 11.9 Å². The first-order valence-electron chi connectivity index (χ1n) is 9.94. The monoisotopic (exact) mass is 410 g/mol. The second-order valence-corrected chi connectivity index (χ2v) is 8.26. The van der Waals surface area contributed by atoms with E-state index in [4.69, 9.17) is 0 Å². The number of carbonyl (C=O) groups excluding carboxylic acids is 1. The van der Waals surface area contributed by atoms with Crippen molar-refractivity contribution in [2.24, 2.45) is 0 Å². The number of halogens is 3. The molecule has 1 amide bonds. The number of hydrogen-bond donors (Lipinski definition) is 2. The number of fused-ring (bicyclic) bond motifs is 1. The average Bonchev–Trinajstić information content (AvgIpc) is 3.37. The number of aromatic nitrogens is 4. The van der Waals surface area contributed by atoms with Crippen molar-refractivity contribution in [3.05, 3.63) is 29.2 Å². The smallest absolute Gasteiger partial charge is 0.368 e. The highest BCUT2D eigenvalue weighted by Crippen LogP contribution is 2.41. The van der Waals surface area contributed by atoms with Crippen LogP contribution in [-0.2, 0) is 0 Å². The van der Waals surface area contributed by atoms with Crippen LogP contribution in [0.2, 0.25) is 0 Å². The van der Waals surface area contributed by atoms with E-state index in [9.17, 15) is 18.0 Å². The van der Waals surface area contributed by atoms with E-state index >= 15 is 0 Å². The number of anilines is 1. The van der Waals surface area contributed by atoms with Crippen LogP contribution in [0, 0.1) is 0 Å². The molecule has 4 rings (SSSR count). The van der Waals surface area contributed by atoms with Crippen molar-refractivity contribution in [2.45, 2.75) is 70.3 Å². The number of carbonyl (C=O) groups is 1. The van der Waals surface area contributed by atoms with E-state index in [1.807, 2.05) is 13.8 Å². The molecular formula is C19H25F3N6O. The van der Waals surface area contributed by atoms with Crippen LogP contribution in [0.1, 0.15) is 79.9 Å². The van der Waals surface area contributed by atoms with Gasteiger partial charge in [-0.3, -0.25) is 9.89 Å². The average molecular weight is 410 g/mol. The molecule has 2 aliphatic rings. The number of alkyl halides is 3. The lowest BCUT2D eigenvalue weighted by atomic mass is 10.1. The van der Waals surface area contributed by atoms with Gasteiger partial charge < -0.3 is 10.2 Å². The molecule has 0 saturated carbocycles. The summed E-state index contributed by atoms with van der Waals surface area (Å²) in [5.41, 5.74) is 1.68. The number of aromatic amines is 1. The van der Waals surface area contributed by atoms with E-state index in [1.54, 1.807) is 24.0 Å². The van der Waals surface area contributed by atoms with Gasteiger partial charge in [-0.25, -0.2) is 4.68 Å². The van der Waals surface area contributed by atoms with Crippen molar-refractivity contribution in [3.63, 3.8) is 0 Å². The Morgan fingerprint density at radius 3 is 2.72 bits per heavy atom. The Kier molecular flexibility index (Phi) is 4.82. The molecule has 2 aliphatic heterocycles. The highest BCUT2D eigenvalue weighted by Gasteiger charge is 2.46. The van der Waals surface area contributed by atoms with Gasteiger partial charge in [0, 0.05) is 24.3 Å². The second kappa shape index (κ2) is 7.07. The third-order valence-corrected chi connectivity index (χ3v) is 5.69. The van der Waals surface area contributed by atoms with Crippen LogP contribution < -0.4 is 5.32 Å². The number of nitrogens with one attached hydrogen (secondary N) is 2. The van der Waals surface area contributed by atoms with Crippen LogP contribution in [-0.4, -0.2) is 49.5 Å². The summed E-state index contributed by atoms with van der Waals surface area (Å²) < 4.78 is 41.6. The van der Waals surface area contributed by atoms with E-state index in [0.717, 1.165) is 16.8 Å². The molecule has 29 heavy (non-hydrogen) atoms. The molecule has 7 nitrogen and oxygen atoms in total. The van der Waals surface area contributed by atoms with Crippen LogP contribution >= 0.6 is 0 Å². The second-order valence-electron chi connectivity index (χ2n) is 8.26. The minimum Gasteiger partial charge on any atom is -0.368 e.